The molecule has 0 saturated carbocycles. The van der Waals surface area contributed by atoms with E-state index in [0.717, 1.165) is 33.2 Å². The van der Waals surface area contributed by atoms with Gasteiger partial charge in [-0.3, -0.25) is 0 Å². The Balaban J connectivity index is 0.000000279. The summed E-state index contributed by atoms with van der Waals surface area (Å²) in [5.41, 5.74) is 9.37. The first kappa shape index (κ1) is 19.5. The van der Waals surface area contributed by atoms with Crippen molar-refractivity contribution in [3.63, 3.8) is 0 Å². The number of H-pyrrole nitrogens is 1. The summed E-state index contributed by atoms with van der Waals surface area (Å²) in [5.74, 6) is 0.260. The van der Waals surface area contributed by atoms with Gasteiger partial charge in [0.1, 0.15) is 11.3 Å². The SMILES string of the molecule is C=Cc1cnn2ccc(-c3c[nH]c4nc(N)ncc34)cc12.CNCC(C)(C)F. The van der Waals surface area contributed by atoms with E-state index in [4.69, 9.17) is 5.73 Å². The second-order valence-corrected chi connectivity index (χ2v) is 6.99. The third kappa shape index (κ3) is 4.17. The topological polar surface area (TPSA) is 96.9 Å². The summed E-state index contributed by atoms with van der Waals surface area (Å²) < 4.78 is 14.2. The second-order valence-electron chi connectivity index (χ2n) is 6.99. The Hall–Kier alpha value is -3.26. The molecular formula is C20H24FN7. The Morgan fingerprint density at radius 3 is 2.82 bits per heavy atom. The fourth-order valence-corrected chi connectivity index (χ4v) is 2.90. The Labute approximate surface area is 162 Å². The highest BCUT2D eigenvalue weighted by atomic mass is 19.1. The lowest BCUT2D eigenvalue weighted by atomic mass is 10.1. The highest BCUT2D eigenvalue weighted by Gasteiger charge is 2.12. The van der Waals surface area contributed by atoms with Gasteiger partial charge in [0.25, 0.3) is 0 Å². The molecule has 0 unspecified atom stereocenters. The average molecular weight is 381 g/mol. The number of anilines is 1. The largest absolute Gasteiger partial charge is 0.368 e. The van der Waals surface area contributed by atoms with Crippen molar-refractivity contribution in [2.24, 2.45) is 0 Å². The fraction of sp³-hybridized carbons (Fsp3) is 0.250. The maximum Gasteiger partial charge on any atom is 0.221 e. The minimum atomic E-state index is -1.06. The van der Waals surface area contributed by atoms with Crippen LogP contribution in [-0.2, 0) is 0 Å². The van der Waals surface area contributed by atoms with Gasteiger partial charge in [-0.25, -0.2) is 13.9 Å². The molecule has 0 fully saturated rings. The monoisotopic (exact) mass is 381 g/mol. The average Bonchev–Trinajstić information content (AvgIpc) is 3.23. The highest BCUT2D eigenvalue weighted by molar-refractivity contribution is 5.94. The first-order valence-electron chi connectivity index (χ1n) is 8.85. The third-order valence-electron chi connectivity index (χ3n) is 4.13. The zero-order valence-corrected chi connectivity index (χ0v) is 16.2. The van der Waals surface area contributed by atoms with E-state index in [-0.39, 0.29) is 5.95 Å². The molecule has 4 aromatic rings. The molecule has 0 aliphatic heterocycles. The summed E-state index contributed by atoms with van der Waals surface area (Å²) in [7, 11) is 1.74. The van der Waals surface area contributed by atoms with E-state index in [1.807, 2.05) is 23.0 Å². The van der Waals surface area contributed by atoms with E-state index in [9.17, 15) is 4.39 Å². The number of rotatable bonds is 4. The van der Waals surface area contributed by atoms with Crippen LogP contribution in [-0.4, -0.2) is 43.8 Å². The molecule has 0 atom stereocenters. The van der Waals surface area contributed by atoms with Gasteiger partial charge in [0.15, 0.2) is 0 Å². The van der Waals surface area contributed by atoms with Crippen LogP contribution in [0, 0.1) is 0 Å². The number of hydrogen-bond donors (Lipinski definition) is 3. The normalized spacial score (nSPS) is 11.4. The number of fused-ring (bicyclic) bond motifs is 2. The molecule has 0 saturated heterocycles. The maximum atomic E-state index is 12.3. The number of nitrogens with zero attached hydrogens (tertiary/aromatic N) is 4. The van der Waals surface area contributed by atoms with Crippen molar-refractivity contribution in [3.8, 4) is 11.1 Å². The van der Waals surface area contributed by atoms with Gasteiger partial charge in [-0.1, -0.05) is 12.7 Å². The van der Waals surface area contributed by atoms with Gasteiger partial charge in [-0.05, 0) is 38.6 Å². The molecule has 0 spiro atoms. The van der Waals surface area contributed by atoms with Crippen molar-refractivity contribution in [2.45, 2.75) is 19.5 Å². The van der Waals surface area contributed by atoms with Gasteiger partial charge in [0.2, 0.25) is 5.95 Å². The maximum absolute atomic E-state index is 12.3. The molecule has 146 valence electrons. The van der Waals surface area contributed by atoms with Gasteiger partial charge >= 0.3 is 0 Å². The molecule has 0 amide bonds. The number of pyridine rings is 1. The van der Waals surface area contributed by atoms with Crippen LogP contribution in [0.4, 0.5) is 10.3 Å². The number of aromatic nitrogens is 5. The first-order valence-corrected chi connectivity index (χ1v) is 8.85. The van der Waals surface area contributed by atoms with Crippen LogP contribution < -0.4 is 11.1 Å². The number of aromatic amines is 1. The van der Waals surface area contributed by atoms with Gasteiger partial charge in [-0.2, -0.15) is 10.1 Å². The quantitative estimate of drug-likeness (QED) is 0.503. The lowest BCUT2D eigenvalue weighted by Crippen LogP contribution is -2.27. The molecule has 0 aliphatic carbocycles. The van der Waals surface area contributed by atoms with E-state index in [1.54, 1.807) is 39.4 Å². The molecule has 0 bridgehead atoms. The standard InChI is InChI=1S/C15H12N6.C5H12FN/c1-2-9-6-19-21-4-3-10(5-13(9)21)11-7-17-14-12(11)8-18-15(16)20-14;1-5(2,6)4-7-3/h2-8H,1H2,(H3,16,17,18,20);7H,4H2,1-3H3. The lowest BCUT2D eigenvalue weighted by Gasteiger charge is -2.11. The summed E-state index contributed by atoms with van der Waals surface area (Å²) in [6.45, 7) is 7.33. The summed E-state index contributed by atoms with van der Waals surface area (Å²) in [6, 6.07) is 4.08. The van der Waals surface area contributed by atoms with Crippen molar-refractivity contribution >= 4 is 28.6 Å². The van der Waals surface area contributed by atoms with Crippen molar-refractivity contribution in [2.75, 3.05) is 19.3 Å². The second kappa shape index (κ2) is 7.77. The number of hydrogen-bond acceptors (Lipinski definition) is 5. The highest BCUT2D eigenvalue weighted by Crippen LogP contribution is 2.29. The number of halogens is 1. The first-order chi connectivity index (χ1) is 13.3. The van der Waals surface area contributed by atoms with E-state index in [1.165, 1.54) is 0 Å². The summed E-state index contributed by atoms with van der Waals surface area (Å²) in [5, 5.41) is 7.95. The van der Waals surface area contributed by atoms with Gasteiger partial charge in [0.05, 0.1) is 11.7 Å². The predicted molar refractivity (Wildman–Crippen MR) is 112 cm³/mol. The zero-order chi connectivity index (χ0) is 20.3. The molecule has 4 heterocycles. The van der Waals surface area contributed by atoms with Crippen LogP contribution in [0.1, 0.15) is 19.4 Å². The van der Waals surface area contributed by atoms with Crippen LogP contribution in [0.5, 0.6) is 0 Å². The smallest absolute Gasteiger partial charge is 0.221 e. The summed E-state index contributed by atoms with van der Waals surface area (Å²) in [4.78, 5) is 11.4. The Bertz CT molecular complexity index is 1100. The lowest BCUT2D eigenvalue weighted by molar-refractivity contribution is 0.215. The number of nitrogens with one attached hydrogen (secondary N) is 2. The molecule has 0 aromatic carbocycles. The third-order valence-corrected chi connectivity index (χ3v) is 4.13. The predicted octanol–water partition coefficient (Wildman–Crippen LogP) is 3.45. The van der Waals surface area contributed by atoms with E-state index in [2.05, 4.69) is 38.0 Å². The van der Waals surface area contributed by atoms with Gasteiger partial charge < -0.3 is 16.0 Å². The van der Waals surface area contributed by atoms with E-state index >= 15 is 0 Å². The molecule has 28 heavy (non-hydrogen) atoms. The number of nitrogen functional groups attached to an aromatic ring is 1. The van der Waals surface area contributed by atoms with Crippen molar-refractivity contribution in [1.29, 1.82) is 0 Å². The van der Waals surface area contributed by atoms with Crippen LogP contribution in [0.3, 0.4) is 0 Å². The van der Waals surface area contributed by atoms with Crippen molar-refractivity contribution in [1.82, 2.24) is 29.9 Å². The summed E-state index contributed by atoms with van der Waals surface area (Å²) in [6.07, 6.45) is 9.16. The minimum absolute atomic E-state index is 0.260. The van der Waals surface area contributed by atoms with Gasteiger partial charge in [0, 0.05) is 41.6 Å². The van der Waals surface area contributed by atoms with Crippen LogP contribution in [0.15, 0.2) is 43.5 Å². The molecule has 0 radical (unpaired) electrons. The number of alkyl halides is 1. The summed E-state index contributed by atoms with van der Waals surface area (Å²) >= 11 is 0. The van der Waals surface area contributed by atoms with E-state index < -0.39 is 5.67 Å². The Kier molecular flexibility index (Phi) is 5.41. The minimum Gasteiger partial charge on any atom is -0.368 e. The molecule has 7 nitrogen and oxygen atoms in total. The zero-order valence-electron chi connectivity index (χ0n) is 16.2. The molecule has 4 rings (SSSR count). The van der Waals surface area contributed by atoms with Crippen LogP contribution in [0.2, 0.25) is 0 Å². The Morgan fingerprint density at radius 1 is 1.39 bits per heavy atom. The van der Waals surface area contributed by atoms with E-state index in [0.29, 0.717) is 6.54 Å². The van der Waals surface area contributed by atoms with Gasteiger partial charge in [-0.15, -0.1) is 0 Å². The molecule has 4 N–H and O–H groups in total. The molecule has 8 heteroatoms. The molecule has 4 aromatic heterocycles. The fourth-order valence-electron chi connectivity index (χ4n) is 2.90. The van der Waals surface area contributed by atoms with Crippen LogP contribution in [0.25, 0.3) is 33.8 Å². The molecule has 0 aliphatic rings. The van der Waals surface area contributed by atoms with Crippen LogP contribution >= 0.6 is 0 Å². The van der Waals surface area contributed by atoms with Crippen molar-refractivity contribution in [3.05, 3.63) is 49.1 Å². The molecular weight excluding hydrogens is 357 g/mol. The Morgan fingerprint density at radius 2 is 2.18 bits per heavy atom. The van der Waals surface area contributed by atoms with Crippen molar-refractivity contribution < 1.29 is 4.39 Å². The number of nitrogens with two attached hydrogens (primary N) is 1.